The Morgan fingerprint density at radius 1 is 1.40 bits per heavy atom. The Kier molecular flexibility index (Phi) is 2.77. The molecule has 3 N–H and O–H groups in total. The molecule has 3 nitrogen and oxygen atoms in total. The van der Waals surface area contributed by atoms with E-state index in [1.807, 2.05) is 0 Å². The molecule has 0 spiro atoms. The van der Waals surface area contributed by atoms with Gasteiger partial charge in [0.15, 0.2) is 11.5 Å². The van der Waals surface area contributed by atoms with Crippen molar-refractivity contribution in [2.75, 3.05) is 6.54 Å². The van der Waals surface area contributed by atoms with Crippen LogP contribution in [0.15, 0.2) is 12.1 Å². The van der Waals surface area contributed by atoms with Crippen molar-refractivity contribution in [2.24, 2.45) is 0 Å². The average Bonchev–Trinajstić information content (AvgIpc) is 2.71. The van der Waals surface area contributed by atoms with Crippen molar-refractivity contribution in [1.82, 2.24) is 5.32 Å². The minimum Gasteiger partial charge on any atom is -0.504 e. The molecule has 1 aliphatic heterocycles. The van der Waals surface area contributed by atoms with Crippen molar-refractivity contribution in [2.45, 2.75) is 25.3 Å². The lowest BCUT2D eigenvalue weighted by molar-refractivity contribution is 0.390. The van der Waals surface area contributed by atoms with E-state index in [0.29, 0.717) is 6.42 Å². The number of hydrogen-bond acceptors (Lipinski definition) is 3. The lowest BCUT2D eigenvalue weighted by atomic mass is 10.0. The molecule has 1 saturated heterocycles. The van der Waals surface area contributed by atoms with Crippen LogP contribution in [0.3, 0.4) is 0 Å². The monoisotopic (exact) mass is 211 g/mol. The lowest BCUT2D eigenvalue weighted by Gasteiger charge is -2.12. The van der Waals surface area contributed by atoms with Gasteiger partial charge in [-0.15, -0.1) is 0 Å². The standard InChI is InChI=1S/C11H14FNO2/c12-9-3-4-10(14)11(15)8(9)6-7-2-1-5-13-7/h3-4,7,13-15H,1-2,5-6H2. The topological polar surface area (TPSA) is 52.5 Å². The maximum Gasteiger partial charge on any atom is 0.163 e. The van der Waals surface area contributed by atoms with Crippen LogP contribution in [0.2, 0.25) is 0 Å². The Labute approximate surface area is 87.6 Å². The fourth-order valence-electron chi connectivity index (χ4n) is 1.97. The van der Waals surface area contributed by atoms with Crippen LogP contribution < -0.4 is 5.32 Å². The maximum atomic E-state index is 13.4. The molecule has 82 valence electrons. The number of halogens is 1. The quantitative estimate of drug-likeness (QED) is 0.650. The van der Waals surface area contributed by atoms with Crippen LogP contribution in [0.4, 0.5) is 4.39 Å². The van der Waals surface area contributed by atoms with E-state index in [9.17, 15) is 14.6 Å². The van der Waals surface area contributed by atoms with Gasteiger partial charge in [-0.05, 0) is 37.9 Å². The van der Waals surface area contributed by atoms with Crippen molar-refractivity contribution in [1.29, 1.82) is 0 Å². The van der Waals surface area contributed by atoms with Crippen LogP contribution in [-0.4, -0.2) is 22.8 Å². The van der Waals surface area contributed by atoms with Gasteiger partial charge in [0.25, 0.3) is 0 Å². The third-order valence-electron chi connectivity index (χ3n) is 2.82. The number of benzene rings is 1. The summed E-state index contributed by atoms with van der Waals surface area (Å²) in [5, 5.41) is 22.0. The summed E-state index contributed by atoms with van der Waals surface area (Å²) in [6.45, 7) is 0.936. The SMILES string of the molecule is Oc1ccc(F)c(CC2CCCN2)c1O. The molecule has 1 aliphatic rings. The van der Waals surface area contributed by atoms with E-state index in [1.165, 1.54) is 6.07 Å². The molecular formula is C11H14FNO2. The lowest BCUT2D eigenvalue weighted by Crippen LogP contribution is -2.24. The molecule has 1 atom stereocenters. The zero-order valence-corrected chi connectivity index (χ0v) is 8.33. The molecule has 1 aromatic rings. The van der Waals surface area contributed by atoms with Crippen molar-refractivity contribution in [3.05, 3.63) is 23.5 Å². The predicted octanol–water partition coefficient (Wildman–Crippen LogP) is 1.53. The average molecular weight is 211 g/mol. The Morgan fingerprint density at radius 3 is 2.87 bits per heavy atom. The van der Waals surface area contributed by atoms with Crippen molar-refractivity contribution < 1.29 is 14.6 Å². The smallest absolute Gasteiger partial charge is 0.163 e. The van der Waals surface area contributed by atoms with Crippen LogP contribution >= 0.6 is 0 Å². The van der Waals surface area contributed by atoms with Gasteiger partial charge in [-0.3, -0.25) is 0 Å². The normalized spacial score (nSPS) is 20.7. The second-order valence-corrected chi connectivity index (χ2v) is 3.89. The Hall–Kier alpha value is -1.29. The van der Waals surface area contributed by atoms with Gasteiger partial charge in [0.05, 0.1) is 0 Å². The maximum absolute atomic E-state index is 13.4. The highest BCUT2D eigenvalue weighted by atomic mass is 19.1. The van der Waals surface area contributed by atoms with Gasteiger partial charge in [0.2, 0.25) is 0 Å². The third kappa shape index (κ3) is 2.04. The number of phenolic OH excluding ortho intramolecular Hbond substituents is 2. The zero-order chi connectivity index (χ0) is 10.8. The zero-order valence-electron chi connectivity index (χ0n) is 8.33. The van der Waals surface area contributed by atoms with Crippen LogP contribution in [0.5, 0.6) is 11.5 Å². The first-order valence-corrected chi connectivity index (χ1v) is 5.11. The Morgan fingerprint density at radius 2 is 2.20 bits per heavy atom. The van der Waals surface area contributed by atoms with Gasteiger partial charge in [0.1, 0.15) is 5.82 Å². The third-order valence-corrected chi connectivity index (χ3v) is 2.82. The second-order valence-electron chi connectivity index (χ2n) is 3.89. The molecule has 0 aliphatic carbocycles. The van der Waals surface area contributed by atoms with Gasteiger partial charge in [-0.1, -0.05) is 0 Å². The predicted molar refractivity (Wildman–Crippen MR) is 54.5 cm³/mol. The van der Waals surface area contributed by atoms with Crippen molar-refractivity contribution in [3.8, 4) is 11.5 Å². The van der Waals surface area contributed by atoms with E-state index < -0.39 is 5.82 Å². The summed E-state index contributed by atoms with van der Waals surface area (Å²) >= 11 is 0. The number of phenols is 2. The number of rotatable bonds is 2. The molecule has 4 heteroatoms. The van der Waals surface area contributed by atoms with Gasteiger partial charge < -0.3 is 15.5 Å². The Balaban J connectivity index is 2.22. The summed E-state index contributed by atoms with van der Waals surface area (Å²) in [6.07, 6.45) is 2.48. The fraction of sp³-hybridized carbons (Fsp3) is 0.455. The highest BCUT2D eigenvalue weighted by molar-refractivity contribution is 5.45. The van der Waals surface area contributed by atoms with Crippen molar-refractivity contribution >= 4 is 0 Å². The molecule has 15 heavy (non-hydrogen) atoms. The highest BCUT2D eigenvalue weighted by Gasteiger charge is 2.20. The summed E-state index contributed by atoms with van der Waals surface area (Å²) in [6, 6.07) is 2.54. The fourth-order valence-corrected chi connectivity index (χ4v) is 1.97. The van der Waals surface area contributed by atoms with Crippen molar-refractivity contribution in [3.63, 3.8) is 0 Å². The number of nitrogens with one attached hydrogen (secondary N) is 1. The largest absolute Gasteiger partial charge is 0.504 e. The molecule has 2 rings (SSSR count). The second kappa shape index (κ2) is 4.06. The molecule has 0 bridgehead atoms. The van der Waals surface area contributed by atoms with Gasteiger partial charge >= 0.3 is 0 Å². The van der Waals surface area contributed by atoms with E-state index in [4.69, 9.17) is 0 Å². The molecule has 0 saturated carbocycles. The number of hydrogen-bond donors (Lipinski definition) is 3. The summed E-state index contributed by atoms with van der Waals surface area (Å²) in [5.41, 5.74) is 0.203. The van der Waals surface area contributed by atoms with Crippen LogP contribution in [0.1, 0.15) is 18.4 Å². The van der Waals surface area contributed by atoms with E-state index >= 15 is 0 Å². The minimum absolute atomic E-state index is 0.201. The number of aromatic hydroxyl groups is 2. The van der Waals surface area contributed by atoms with Crippen LogP contribution in [0, 0.1) is 5.82 Å². The summed E-state index contributed by atoms with van der Waals surface area (Å²) in [4.78, 5) is 0. The molecular weight excluding hydrogens is 197 g/mol. The molecule has 0 amide bonds. The molecule has 1 aromatic carbocycles. The van der Waals surface area contributed by atoms with E-state index in [-0.39, 0.29) is 23.1 Å². The molecule has 1 heterocycles. The first kappa shape index (κ1) is 10.2. The van der Waals surface area contributed by atoms with E-state index in [1.54, 1.807) is 0 Å². The van der Waals surface area contributed by atoms with Gasteiger partial charge in [0, 0.05) is 11.6 Å². The first-order chi connectivity index (χ1) is 7.18. The van der Waals surface area contributed by atoms with Crippen LogP contribution in [0.25, 0.3) is 0 Å². The highest BCUT2D eigenvalue weighted by Crippen LogP contribution is 2.32. The van der Waals surface area contributed by atoms with Gasteiger partial charge in [-0.2, -0.15) is 0 Å². The summed E-state index contributed by atoms with van der Waals surface area (Å²) in [5.74, 6) is -1.05. The molecule has 1 fully saturated rings. The molecule has 0 radical (unpaired) electrons. The minimum atomic E-state index is -0.459. The van der Waals surface area contributed by atoms with E-state index in [0.717, 1.165) is 25.5 Å². The summed E-state index contributed by atoms with van der Waals surface area (Å²) in [7, 11) is 0. The molecule has 1 unspecified atom stereocenters. The first-order valence-electron chi connectivity index (χ1n) is 5.11. The van der Waals surface area contributed by atoms with E-state index in [2.05, 4.69) is 5.32 Å². The van der Waals surface area contributed by atoms with Crippen LogP contribution in [-0.2, 0) is 6.42 Å². The molecule has 0 aromatic heterocycles. The van der Waals surface area contributed by atoms with Gasteiger partial charge in [-0.25, -0.2) is 4.39 Å². The summed E-state index contributed by atoms with van der Waals surface area (Å²) < 4.78 is 13.4. The Bertz CT molecular complexity index is 362.